The molecule has 1 aliphatic carbocycles. The van der Waals surface area contributed by atoms with Gasteiger partial charge < -0.3 is 9.30 Å². The van der Waals surface area contributed by atoms with Crippen molar-refractivity contribution in [2.45, 2.75) is 57.6 Å². The molecule has 2 heterocycles. The summed E-state index contributed by atoms with van der Waals surface area (Å²) in [4.78, 5) is 20.8. The number of hydrogen-bond donors (Lipinski definition) is 0. The summed E-state index contributed by atoms with van der Waals surface area (Å²) in [6, 6.07) is 8.19. The van der Waals surface area contributed by atoms with Crippen molar-refractivity contribution in [3.05, 3.63) is 57.5 Å². The van der Waals surface area contributed by atoms with Crippen LogP contribution in [0.1, 0.15) is 67.9 Å². The molecule has 2 aromatic heterocycles. The molecule has 0 bridgehead atoms. The van der Waals surface area contributed by atoms with Crippen molar-refractivity contribution in [3.8, 4) is 0 Å². The average Bonchev–Trinajstić information content (AvgIpc) is 3.26. The zero-order valence-electron chi connectivity index (χ0n) is 16.7. The number of rotatable bonds is 3. The molecule has 0 amide bonds. The lowest BCUT2D eigenvalue weighted by atomic mass is 9.96. The Morgan fingerprint density at radius 3 is 2.62 bits per heavy atom. The molecule has 7 heteroatoms. The van der Waals surface area contributed by atoms with E-state index in [2.05, 4.69) is 48.8 Å². The summed E-state index contributed by atoms with van der Waals surface area (Å²) >= 11 is 9.84. The van der Waals surface area contributed by atoms with Crippen molar-refractivity contribution in [2.75, 3.05) is 0 Å². The maximum absolute atomic E-state index is 12.2. The first kappa shape index (κ1) is 20.4. The number of carbonyl (C=O) groups excluding carboxylic acids is 1. The number of hydrogen-bond acceptors (Lipinski definition) is 4. The minimum atomic E-state index is -0.491. The molecule has 0 saturated heterocycles. The van der Waals surface area contributed by atoms with Crippen LogP contribution in [0.25, 0.3) is 11.0 Å². The van der Waals surface area contributed by atoms with E-state index < -0.39 is 5.60 Å². The molecular weight excluding hydrogens is 454 g/mol. The van der Waals surface area contributed by atoms with E-state index in [0.717, 1.165) is 34.8 Å². The van der Waals surface area contributed by atoms with Crippen molar-refractivity contribution in [3.63, 3.8) is 0 Å². The molecular formula is C22H23BrClN3O2. The monoisotopic (exact) mass is 475 g/mol. The Hall–Kier alpha value is -1.92. The predicted molar refractivity (Wildman–Crippen MR) is 117 cm³/mol. The lowest BCUT2D eigenvalue weighted by molar-refractivity contribution is 0.00695. The summed E-state index contributed by atoms with van der Waals surface area (Å²) < 4.78 is 8.58. The highest BCUT2D eigenvalue weighted by molar-refractivity contribution is 9.10. The summed E-state index contributed by atoms with van der Waals surface area (Å²) in [7, 11) is 0. The van der Waals surface area contributed by atoms with E-state index in [1.807, 2.05) is 32.9 Å². The number of nitrogens with zero attached hydrogens (tertiary/aromatic N) is 3. The molecule has 0 aliphatic heterocycles. The van der Waals surface area contributed by atoms with E-state index >= 15 is 0 Å². The van der Waals surface area contributed by atoms with Gasteiger partial charge in [-0.25, -0.2) is 14.8 Å². The van der Waals surface area contributed by atoms with E-state index in [1.54, 1.807) is 0 Å². The average molecular weight is 477 g/mol. The van der Waals surface area contributed by atoms with Crippen molar-refractivity contribution < 1.29 is 9.53 Å². The number of aromatic nitrogens is 3. The lowest BCUT2D eigenvalue weighted by Crippen LogP contribution is -2.23. The number of carbonyl (C=O) groups is 1. The van der Waals surface area contributed by atoms with E-state index in [4.69, 9.17) is 16.3 Å². The zero-order chi connectivity index (χ0) is 20.8. The van der Waals surface area contributed by atoms with E-state index in [1.165, 1.54) is 11.9 Å². The summed E-state index contributed by atoms with van der Waals surface area (Å²) in [5.41, 5.74) is 2.21. The maximum Gasteiger partial charge on any atom is 0.338 e. The molecule has 1 aromatic carbocycles. The van der Waals surface area contributed by atoms with Gasteiger partial charge >= 0.3 is 5.97 Å². The van der Waals surface area contributed by atoms with Crippen LogP contribution in [0, 0.1) is 0 Å². The van der Waals surface area contributed by atoms with Crippen molar-refractivity contribution in [1.82, 2.24) is 14.5 Å². The molecule has 4 rings (SSSR count). The third kappa shape index (κ3) is 4.19. The van der Waals surface area contributed by atoms with E-state index in [-0.39, 0.29) is 5.97 Å². The first-order valence-corrected chi connectivity index (χ1v) is 10.9. The van der Waals surface area contributed by atoms with Gasteiger partial charge in [-0.3, -0.25) is 0 Å². The summed E-state index contributed by atoms with van der Waals surface area (Å²) in [5, 5.41) is 1.33. The molecule has 1 saturated carbocycles. The van der Waals surface area contributed by atoms with Gasteiger partial charge in [0.05, 0.1) is 10.9 Å². The third-order valence-electron chi connectivity index (χ3n) is 5.33. The Morgan fingerprint density at radius 1 is 1.21 bits per heavy atom. The van der Waals surface area contributed by atoms with Crippen LogP contribution in [0.2, 0.25) is 5.15 Å². The molecule has 1 aliphatic rings. The van der Waals surface area contributed by atoms with Crippen molar-refractivity contribution in [1.29, 1.82) is 0 Å². The summed E-state index contributed by atoms with van der Waals surface area (Å²) in [6.45, 7) is 5.62. The van der Waals surface area contributed by atoms with Crippen LogP contribution in [-0.2, 0) is 4.74 Å². The fourth-order valence-electron chi connectivity index (χ4n) is 4.02. The molecule has 29 heavy (non-hydrogen) atoms. The lowest BCUT2D eigenvalue weighted by Gasteiger charge is -2.19. The second kappa shape index (κ2) is 7.73. The van der Waals surface area contributed by atoms with Gasteiger partial charge in [0.25, 0.3) is 0 Å². The highest BCUT2D eigenvalue weighted by atomic mass is 79.9. The Kier molecular flexibility index (Phi) is 5.42. The van der Waals surface area contributed by atoms with Crippen LogP contribution in [0.4, 0.5) is 0 Å². The highest BCUT2D eigenvalue weighted by Gasteiger charge is 2.29. The first-order valence-electron chi connectivity index (χ1n) is 9.73. The van der Waals surface area contributed by atoms with Crippen molar-refractivity contribution >= 4 is 44.5 Å². The largest absolute Gasteiger partial charge is 0.456 e. The quantitative estimate of drug-likeness (QED) is 0.328. The molecule has 1 fully saturated rings. The second-order valence-corrected chi connectivity index (χ2v) is 9.75. The molecule has 152 valence electrons. The standard InChI is InChI=1S/C22H23BrClN3O2/c1-22(2,3)29-21(28)14-6-4-13(5-7-14)15-8-9-16(10-15)27-11-17(23)18-19(24)25-12-26-20(18)27/h4-7,11-12,15-16H,8-10H2,1-3H3. The van der Waals surface area contributed by atoms with Crippen LogP contribution in [-0.4, -0.2) is 26.1 Å². The van der Waals surface area contributed by atoms with Crippen LogP contribution in [0.3, 0.4) is 0 Å². The van der Waals surface area contributed by atoms with Gasteiger partial charge in [0.2, 0.25) is 0 Å². The van der Waals surface area contributed by atoms with Crippen LogP contribution in [0.15, 0.2) is 41.3 Å². The molecule has 5 nitrogen and oxygen atoms in total. The number of halogens is 2. The third-order valence-corrected chi connectivity index (χ3v) is 6.22. The van der Waals surface area contributed by atoms with Gasteiger partial charge in [-0.15, -0.1) is 0 Å². The Balaban J connectivity index is 1.51. The van der Waals surface area contributed by atoms with Crippen LogP contribution >= 0.6 is 27.5 Å². The predicted octanol–water partition coefficient (Wildman–Crippen LogP) is 6.31. The molecule has 3 aromatic rings. The Bertz CT molecular complexity index is 1060. The minimum absolute atomic E-state index is 0.284. The highest BCUT2D eigenvalue weighted by Crippen LogP contribution is 2.43. The molecule has 0 spiro atoms. The number of esters is 1. The number of benzene rings is 1. The second-order valence-electron chi connectivity index (χ2n) is 8.54. The number of fused-ring (bicyclic) bond motifs is 1. The number of ether oxygens (including phenoxy) is 1. The summed E-state index contributed by atoms with van der Waals surface area (Å²) in [6.07, 6.45) is 6.74. The van der Waals surface area contributed by atoms with Crippen molar-refractivity contribution in [2.24, 2.45) is 0 Å². The topological polar surface area (TPSA) is 57.0 Å². The first-order chi connectivity index (χ1) is 13.7. The molecule has 2 atom stereocenters. The smallest absolute Gasteiger partial charge is 0.338 e. The Labute approximate surface area is 183 Å². The summed E-state index contributed by atoms with van der Waals surface area (Å²) in [5.74, 6) is 0.162. The fraction of sp³-hybridized carbons (Fsp3) is 0.409. The van der Waals surface area contributed by atoms with E-state index in [9.17, 15) is 4.79 Å². The molecule has 0 radical (unpaired) electrons. The van der Waals surface area contributed by atoms with E-state index in [0.29, 0.717) is 22.7 Å². The SMILES string of the molecule is CC(C)(C)OC(=O)c1ccc(C2CCC(n3cc(Br)c4c(Cl)ncnc43)C2)cc1. The molecule has 0 N–H and O–H groups in total. The van der Waals surface area contributed by atoms with Crippen LogP contribution in [0.5, 0.6) is 0 Å². The fourth-order valence-corrected chi connectivity index (χ4v) is 4.95. The zero-order valence-corrected chi connectivity index (χ0v) is 19.0. The maximum atomic E-state index is 12.2. The van der Waals surface area contributed by atoms with Gasteiger partial charge in [-0.1, -0.05) is 23.7 Å². The van der Waals surface area contributed by atoms with Gasteiger partial charge in [-0.05, 0) is 79.6 Å². The van der Waals surface area contributed by atoms with Crippen LogP contribution < -0.4 is 0 Å². The minimum Gasteiger partial charge on any atom is -0.456 e. The van der Waals surface area contributed by atoms with Gasteiger partial charge in [0.15, 0.2) is 0 Å². The Morgan fingerprint density at radius 2 is 1.93 bits per heavy atom. The van der Waals surface area contributed by atoms with Gasteiger partial charge in [0.1, 0.15) is 22.7 Å². The molecule has 2 unspecified atom stereocenters. The van der Waals surface area contributed by atoms with Gasteiger partial charge in [-0.2, -0.15) is 0 Å². The van der Waals surface area contributed by atoms with Gasteiger partial charge in [0, 0.05) is 16.7 Å². The normalized spacial score (nSPS) is 19.6.